The molecule has 8 rings (SSSR count). The van der Waals surface area contributed by atoms with Crippen molar-refractivity contribution in [1.29, 1.82) is 0 Å². The smallest absolute Gasteiger partial charge is 0.286 e. The number of halogens is 3. The lowest BCUT2D eigenvalue weighted by Crippen LogP contribution is -2.45. The first-order valence-electron chi connectivity index (χ1n) is 15.5. The second-order valence-corrected chi connectivity index (χ2v) is 12.5. The van der Waals surface area contributed by atoms with Crippen molar-refractivity contribution < 1.29 is 27.8 Å². The number of phenols is 1. The van der Waals surface area contributed by atoms with E-state index in [0.717, 1.165) is 44.5 Å². The van der Waals surface area contributed by atoms with Gasteiger partial charge in [-0.2, -0.15) is 0 Å². The number of ether oxygens (including phenoxy) is 2. The number of hydrogen-bond acceptors (Lipinski definition) is 7. The van der Waals surface area contributed by atoms with Crippen LogP contribution in [0.1, 0.15) is 49.4 Å². The first-order chi connectivity index (χ1) is 21.8. The average molecular weight is 615 g/mol. The molecule has 3 N–H and O–H groups in total. The van der Waals surface area contributed by atoms with Gasteiger partial charge in [0, 0.05) is 47.9 Å². The van der Waals surface area contributed by atoms with Gasteiger partial charge in [0.05, 0.1) is 23.3 Å². The number of benzene rings is 3. The molecule has 7 nitrogen and oxygen atoms in total. The molecule has 45 heavy (non-hydrogen) atoms. The van der Waals surface area contributed by atoms with Crippen molar-refractivity contribution in [1.82, 2.24) is 15.1 Å². The van der Waals surface area contributed by atoms with Crippen LogP contribution in [0.4, 0.5) is 18.9 Å². The number of nitrogens with one attached hydrogen (secondary N) is 2. The summed E-state index contributed by atoms with van der Waals surface area (Å²) in [5.74, 6) is 1.05. The Kier molecular flexibility index (Phi) is 6.66. The maximum atomic E-state index is 17.1. The SMILES string of the molecule is C#Cc1c(F)ccc2cc(O)cc(-c3cc4c5c(c3F)O/C(OC[C@@]36CCCN3C[C@H](F)C6)=C\C3=CCCCN3C5NCN4)c12. The van der Waals surface area contributed by atoms with Gasteiger partial charge >= 0.3 is 0 Å². The van der Waals surface area contributed by atoms with Crippen LogP contribution in [-0.4, -0.2) is 59.5 Å². The highest BCUT2D eigenvalue weighted by atomic mass is 19.1. The number of hydrogen-bond donors (Lipinski definition) is 3. The molecule has 5 aliphatic rings. The minimum Gasteiger partial charge on any atom is -0.508 e. The average Bonchev–Trinajstić information content (AvgIpc) is 3.55. The highest BCUT2D eigenvalue weighted by molar-refractivity contribution is 6.02. The van der Waals surface area contributed by atoms with Crippen LogP contribution in [0.3, 0.4) is 0 Å². The predicted molar refractivity (Wildman–Crippen MR) is 165 cm³/mol. The van der Waals surface area contributed by atoms with Crippen molar-refractivity contribution >= 4 is 16.5 Å². The lowest BCUT2D eigenvalue weighted by Gasteiger charge is -2.42. The van der Waals surface area contributed by atoms with Crippen LogP contribution in [-0.2, 0) is 4.74 Å². The molecule has 2 fully saturated rings. The summed E-state index contributed by atoms with van der Waals surface area (Å²) in [6.07, 6.45) is 12.3. The molecular formula is C35H33F3N4O3. The van der Waals surface area contributed by atoms with E-state index in [4.69, 9.17) is 15.9 Å². The number of allylic oxidation sites excluding steroid dienone is 2. The molecule has 0 bridgehead atoms. The fourth-order valence-electron chi connectivity index (χ4n) is 7.91. The van der Waals surface area contributed by atoms with Crippen LogP contribution in [0.5, 0.6) is 11.5 Å². The van der Waals surface area contributed by atoms with Gasteiger partial charge < -0.3 is 24.8 Å². The van der Waals surface area contributed by atoms with Crippen LogP contribution < -0.4 is 15.4 Å². The van der Waals surface area contributed by atoms with Crippen LogP contribution in [0.15, 0.2) is 54.1 Å². The van der Waals surface area contributed by atoms with E-state index in [2.05, 4.69) is 32.4 Å². The maximum absolute atomic E-state index is 17.1. The monoisotopic (exact) mass is 614 g/mol. The molecule has 0 aliphatic carbocycles. The Morgan fingerprint density at radius 2 is 2.04 bits per heavy atom. The highest BCUT2D eigenvalue weighted by Crippen LogP contribution is 2.49. The number of alkyl halides is 1. The van der Waals surface area contributed by atoms with E-state index in [-0.39, 0.29) is 40.7 Å². The molecule has 3 atom stereocenters. The van der Waals surface area contributed by atoms with E-state index in [1.54, 1.807) is 12.1 Å². The summed E-state index contributed by atoms with van der Waals surface area (Å²) in [6.45, 7) is 2.58. The lowest BCUT2D eigenvalue weighted by molar-refractivity contribution is 0.0250. The predicted octanol–water partition coefficient (Wildman–Crippen LogP) is 6.25. The van der Waals surface area contributed by atoms with Gasteiger partial charge in [-0.05, 0) is 67.4 Å². The summed E-state index contributed by atoms with van der Waals surface area (Å²) in [6, 6.07) is 7.27. The number of aromatic hydroxyl groups is 1. The lowest BCUT2D eigenvalue weighted by atomic mass is 9.91. The molecule has 10 heteroatoms. The first-order valence-corrected chi connectivity index (χ1v) is 15.5. The Bertz CT molecular complexity index is 1840. The molecule has 0 spiro atoms. The van der Waals surface area contributed by atoms with Gasteiger partial charge in [0.2, 0.25) is 0 Å². The van der Waals surface area contributed by atoms with Gasteiger partial charge in [0.25, 0.3) is 5.95 Å². The summed E-state index contributed by atoms with van der Waals surface area (Å²) >= 11 is 0. The zero-order chi connectivity index (χ0) is 30.9. The van der Waals surface area contributed by atoms with E-state index >= 15 is 4.39 Å². The third-order valence-corrected chi connectivity index (χ3v) is 9.91. The topological polar surface area (TPSA) is 69.2 Å². The van der Waals surface area contributed by atoms with Gasteiger partial charge in [-0.3, -0.25) is 10.2 Å². The molecule has 0 amide bonds. The fourth-order valence-corrected chi connectivity index (χ4v) is 7.91. The Balaban J connectivity index is 1.29. The number of anilines is 1. The molecular weight excluding hydrogens is 581 g/mol. The van der Waals surface area contributed by atoms with Gasteiger partial charge in [0.15, 0.2) is 11.6 Å². The van der Waals surface area contributed by atoms with Crippen molar-refractivity contribution in [3.63, 3.8) is 0 Å². The number of phenolic OH excluding ortho intramolecular Hbond substituents is 1. The van der Waals surface area contributed by atoms with E-state index in [9.17, 15) is 13.9 Å². The third-order valence-electron chi connectivity index (χ3n) is 9.91. The van der Waals surface area contributed by atoms with E-state index in [1.807, 2.05) is 0 Å². The summed E-state index contributed by atoms with van der Waals surface area (Å²) in [5, 5.41) is 18.2. The zero-order valence-electron chi connectivity index (χ0n) is 24.6. The summed E-state index contributed by atoms with van der Waals surface area (Å²) in [7, 11) is 0. The molecule has 3 aromatic rings. The molecule has 2 saturated heterocycles. The van der Waals surface area contributed by atoms with Gasteiger partial charge in [-0.15, -0.1) is 6.42 Å². The molecule has 0 aromatic heterocycles. The zero-order valence-corrected chi connectivity index (χ0v) is 24.6. The van der Waals surface area contributed by atoms with Crippen molar-refractivity contribution in [3.05, 3.63) is 76.9 Å². The third kappa shape index (κ3) is 4.51. The van der Waals surface area contributed by atoms with Gasteiger partial charge in [-0.25, -0.2) is 13.2 Å². The van der Waals surface area contributed by atoms with Gasteiger partial charge in [0.1, 0.15) is 30.5 Å². The minimum absolute atomic E-state index is 0.0224. The van der Waals surface area contributed by atoms with Crippen molar-refractivity contribution in [3.8, 4) is 35.0 Å². The normalized spacial score (nSPS) is 26.7. The van der Waals surface area contributed by atoms with Crippen LogP contribution >= 0.6 is 0 Å². The highest BCUT2D eigenvalue weighted by Gasteiger charge is 2.49. The van der Waals surface area contributed by atoms with Crippen LogP contribution in [0.25, 0.3) is 21.9 Å². The molecule has 1 unspecified atom stereocenters. The maximum Gasteiger partial charge on any atom is 0.286 e. The standard InChI is InChI=1S/C35H33F3N4O3/c1-2-24-27(37)8-7-20-12-23(43)14-25(30(20)24)26-15-28-31-33(32(26)38)45-29(44-18-35-9-5-10-41(35)17-21(36)16-35)13-22-6-3-4-11-42(22)34(31)40-19-39-28/h1,6-8,12-15,21,34,39-40,43H,3-5,9-11,16-19H2/b29-13-/t21-,34?,35+/m1/s1. The van der Waals surface area contributed by atoms with Crippen LogP contribution in [0, 0.1) is 24.0 Å². The minimum atomic E-state index is -0.911. The number of rotatable bonds is 4. The number of nitrogens with zero attached hydrogens (tertiary/aromatic N) is 2. The van der Waals surface area contributed by atoms with E-state index in [0.29, 0.717) is 41.7 Å². The summed E-state index contributed by atoms with van der Waals surface area (Å²) < 4.78 is 59.3. The molecule has 0 radical (unpaired) electrons. The summed E-state index contributed by atoms with van der Waals surface area (Å²) in [5.41, 5.74) is 1.98. The quantitative estimate of drug-likeness (QED) is 0.300. The van der Waals surface area contributed by atoms with Gasteiger partial charge in [-0.1, -0.05) is 18.1 Å². The number of fused-ring (bicyclic) bond motifs is 4. The Hall–Kier alpha value is -4.33. The first kappa shape index (κ1) is 28.2. The molecule has 3 aromatic carbocycles. The second-order valence-electron chi connectivity index (χ2n) is 12.5. The largest absolute Gasteiger partial charge is 0.508 e. The van der Waals surface area contributed by atoms with E-state index in [1.165, 1.54) is 24.3 Å². The Morgan fingerprint density at radius 3 is 2.91 bits per heavy atom. The van der Waals surface area contributed by atoms with Crippen molar-refractivity contribution in [2.24, 2.45) is 0 Å². The van der Waals surface area contributed by atoms with Crippen molar-refractivity contribution in [2.45, 2.75) is 50.0 Å². The molecule has 5 heterocycles. The Labute approximate surface area is 259 Å². The molecule has 5 aliphatic heterocycles. The molecule has 232 valence electrons. The second kappa shape index (κ2) is 10.6. The van der Waals surface area contributed by atoms with E-state index < -0.39 is 29.5 Å². The summed E-state index contributed by atoms with van der Waals surface area (Å²) in [4.78, 5) is 4.34. The van der Waals surface area contributed by atoms with Crippen molar-refractivity contribution in [2.75, 3.05) is 38.2 Å². The number of terminal acetylenes is 1. The molecule has 0 saturated carbocycles. The van der Waals surface area contributed by atoms with Crippen LogP contribution in [0.2, 0.25) is 0 Å². The fraction of sp³-hybridized carbons (Fsp3) is 0.371. The Morgan fingerprint density at radius 1 is 1.16 bits per heavy atom.